The summed E-state index contributed by atoms with van der Waals surface area (Å²) < 4.78 is 0. The highest BCUT2D eigenvalue weighted by Gasteiger charge is 2.26. The van der Waals surface area contributed by atoms with Gasteiger partial charge >= 0.3 is 0 Å². The van der Waals surface area contributed by atoms with E-state index in [4.69, 9.17) is 17.3 Å². The number of nitrogens with one attached hydrogen (secondary N) is 1. The minimum Gasteiger partial charge on any atom is -0.366 e. The summed E-state index contributed by atoms with van der Waals surface area (Å²) in [6.07, 6.45) is 4.99. The summed E-state index contributed by atoms with van der Waals surface area (Å²) in [6.45, 7) is 5.49. The van der Waals surface area contributed by atoms with Gasteiger partial charge in [0.1, 0.15) is 0 Å². The maximum atomic E-state index is 11.4. The molecule has 138 valence electrons. The topological polar surface area (TPSA) is 55.1 Å². The van der Waals surface area contributed by atoms with Crippen LogP contribution < -0.4 is 11.1 Å². The fraction of sp³-hybridized carbons (Fsp3) is 0.409. The summed E-state index contributed by atoms with van der Waals surface area (Å²) in [4.78, 5) is 11.4. The molecule has 3 N–H and O–H groups in total. The van der Waals surface area contributed by atoms with Crippen LogP contribution in [0.4, 0.5) is 0 Å². The van der Waals surface area contributed by atoms with Gasteiger partial charge in [0.15, 0.2) is 0 Å². The molecule has 0 saturated heterocycles. The van der Waals surface area contributed by atoms with Crippen molar-refractivity contribution in [1.29, 1.82) is 0 Å². The summed E-state index contributed by atoms with van der Waals surface area (Å²) in [6, 6.07) is 14.0. The lowest BCUT2D eigenvalue weighted by Crippen LogP contribution is -2.35. The van der Waals surface area contributed by atoms with Crippen LogP contribution >= 0.6 is 11.6 Å². The largest absolute Gasteiger partial charge is 0.366 e. The minimum absolute atomic E-state index is 0.422. The summed E-state index contributed by atoms with van der Waals surface area (Å²) in [7, 11) is 0. The fourth-order valence-corrected chi connectivity index (χ4v) is 3.83. The molecule has 0 atom stereocenters. The van der Waals surface area contributed by atoms with E-state index in [9.17, 15) is 4.79 Å². The molecule has 1 amide bonds. The van der Waals surface area contributed by atoms with E-state index in [0.29, 0.717) is 17.0 Å². The zero-order valence-corrected chi connectivity index (χ0v) is 16.3. The molecular weight excluding hydrogens is 344 g/mol. The zero-order valence-electron chi connectivity index (χ0n) is 15.5. The van der Waals surface area contributed by atoms with Crippen molar-refractivity contribution in [2.75, 3.05) is 0 Å². The first kappa shape index (κ1) is 18.9. The molecule has 0 aromatic heterocycles. The summed E-state index contributed by atoms with van der Waals surface area (Å²) in [5.74, 6) is -0.422. The van der Waals surface area contributed by atoms with Crippen LogP contribution in [0.5, 0.6) is 0 Å². The molecule has 0 radical (unpaired) electrons. The number of amides is 1. The van der Waals surface area contributed by atoms with E-state index in [1.165, 1.54) is 25.7 Å². The second-order valence-electron chi connectivity index (χ2n) is 8.07. The van der Waals surface area contributed by atoms with Gasteiger partial charge in [0.25, 0.3) is 0 Å². The molecule has 3 rings (SSSR count). The third kappa shape index (κ3) is 4.66. The first-order chi connectivity index (χ1) is 12.3. The first-order valence-electron chi connectivity index (χ1n) is 9.26. The lowest BCUT2D eigenvalue weighted by atomic mass is 9.75. The molecular formula is C22H27ClN2O. The molecule has 1 fully saturated rings. The molecule has 0 aliphatic heterocycles. The Balaban J connectivity index is 1.66. The van der Waals surface area contributed by atoms with E-state index in [0.717, 1.165) is 28.3 Å². The molecule has 26 heavy (non-hydrogen) atoms. The Hall–Kier alpha value is -1.84. The standard InChI is InChI=1S/C22H27ClN2O/c1-22(2)10-8-19(9-11-22)25-14-18-7-6-16(13-20(18)23)15-4-3-5-17(12-15)21(24)26/h3-7,12-13,19,25H,8-11,14H2,1-2H3,(H2,24,26). The van der Waals surface area contributed by atoms with Gasteiger partial charge in [-0.25, -0.2) is 0 Å². The number of halogens is 1. The number of benzene rings is 2. The normalized spacial score (nSPS) is 17.2. The van der Waals surface area contributed by atoms with E-state index in [1.807, 2.05) is 24.3 Å². The van der Waals surface area contributed by atoms with E-state index in [2.05, 4.69) is 25.2 Å². The smallest absolute Gasteiger partial charge is 0.248 e. The highest BCUT2D eigenvalue weighted by Crippen LogP contribution is 2.35. The Kier molecular flexibility index (Phi) is 5.69. The lowest BCUT2D eigenvalue weighted by molar-refractivity contribution is 0.100. The second kappa shape index (κ2) is 7.81. The van der Waals surface area contributed by atoms with Gasteiger partial charge in [-0.05, 0) is 66.0 Å². The Morgan fingerprint density at radius 3 is 2.50 bits per heavy atom. The van der Waals surface area contributed by atoms with Crippen molar-refractivity contribution in [3.05, 3.63) is 58.6 Å². The minimum atomic E-state index is -0.422. The van der Waals surface area contributed by atoms with Gasteiger partial charge in [0.05, 0.1) is 0 Å². The first-order valence-corrected chi connectivity index (χ1v) is 9.64. The van der Waals surface area contributed by atoms with E-state index < -0.39 is 5.91 Å². The SMILES string of the molecule is CC1(C)CCC(NCc2ccc(-c3cccc(C(N)=O)c3)cc2Cl)CC1. The van der Waals surface area contributed by atoms with E-state index in [-0.39, 0.29) is 0 Å². The van der Waals surface area contributed by atoms with Crippen LogP contribution in [-0.2, 0) is 6.54 Å². The van der Waals surface area contributed by atoms with Crippen molar-refractivity contribution in [1.82, 2.24) is 5.32 Å². The van der Waals surface area contributed by atoms with Crippen molar-refractivity contribution < 1.29 is 4.79 Å². The highest BCUT2D eigenvalue weighted by atomic mass is 35.5. The number of rotatable bonds is 5. The molecule has 0 heterocycles. The Labute approximate surface area is 160 Å². The fourth-order valence-electron chi connectivity index (χ4n) is 3.58. The zero-order chi connectivity index (χ0) is 18.7. The predicted octanol–water partition coefficient (Wildman–Crippen LogP) is 5.16. The number of hydrogen-bond donors (Lipinski definition) is 2. The number of nitrogens with two attached hydrogens (primary N) is 1. The van der Waals surface area contributed by atoms with Gasteiger partial charge in [-0.2, -0.15) is 0 Å². The number of carbonyl (C=O) groups excluding carboxylic acids is 1. The van der Waals surface area contributed by atoms with Gasteiger partial charge in [-0.15, -0.1) is 0 Å². The van der Waals surface area contributed by atoms with Gasteiger partial charge in [0.2, 0.25) is 5.91 Å². The molecule has 3 nitrogen and oxygen atoms in total. The molecule has 2 aromatic carbocycles. The third-order valence-corrected chi connectivity index (χ3v) is 5.81. The number of carbonyl (C=O) groups is 1. The van der Waals surface area contributed by atoms with Crippen LogP contribution in [0.25, 0.3) is 11.1 Å². The highest BCUT2D eigenvalue weighted by molar-refractivity contribution is 6.31. The maximum Gasteiger partial charge on any atom is 0.248 e. The third-order valence-electron chi connectivity index (χ3n) is 5.45. The van der Waals surface area contributed by atoms with Crippen molar-refractivity contribution in [2.24, 2.45) is 11.1 Å². The second-order valence-corrected chi connectivity index (χ2v) is 8.48. The van der Waals surface area contributed by atoms with Crippen LogP contribution in [0, 0.1) is 5.41 Å². The number of primary amides is 1. The Bertz CT molecular complexity index is 790. The molecule has 1 saturated carbocycles. The molecule has 0 bridgehead atoms. The van der Waals surface area contributed by atoms with Gasteiger partial charge in [0, 0.05) is 23.2 Å². The quantitative estimate of drug-likeness (QED) is 0.763. The van der Waals surface area contributed by atoms with Crippen LogP contribution in [0.2, 0.25) is 5.02 Å². The summed E-state index contributed by atoms with van der Waals surface area (Å²) >= 11 is 6.51. The van der Waals surface area contributed by atoms with Crippen molar-refractivity contribution >= 4 is 17.5 Å². The molecule has 0 spiro atoms. The number of hydrogen-bond acceptors (Lipinski definition) is 2. The van der Waals surface area contributed by atoms with Crippen molar-refractivity contribution in [2.45, 2.75) is 52.1 Å². The van der Waals surface area contributed by atoms with Gasteiger partial charge in [-0.1, -0.05) is 49.7 Å². The maximum absolute atomic E-state index is 11.4. The van der Waals surface area contributed by atoms with Gasteiger partial charge in [-0.3, -0.25) is 4.79 Å². The summed E-state index contributed by atoms with van der Waals surface area (Å²) in [5.41, 5.74) is 9.39. The van der Waals surface area contributed by atoms with Crippen molar-refractivity contribution in [3.8, 4) is 11.1 Å². The van der Waals surface area contributed by atoms with Crippen molar-refractivity contribution in [3.63, 3.8) is 0 Å². The van der Waals surface area contributed by atoms with Crippen LogP contribution in [0.1, 0.15) is 55.5 Å². The van der Waals surface area contributed by atoms with Gasteiger partial charge < -0.3 is 11.1 Å². The van der Waals surface area contributed by atoms with Crippen LogP contribution in [0.3, 0.4) is 0 Å². The van der Waals surface area contributed by atoms with Crippen LogP contribution in [-0.4, -0.2) is 11.9 Å². The predicted molar refractivity (Wildman–Crippen MR) is 108 cm³/mol. The monoisotopic (exact) mass is 370 g/mol. The lowest BCUT2D eigenvalue weighted by Gasteiger charge is -2.34. The molecule has 1 aliphatic rings. The summed E-state index contributed by atoms with van der Waals surface area (Å²) in [5, 5.41) is 4.40. The Morgan fingerprint density at radius 2 is 1.85 bits per heavy atom. The molecule has 1 aliphatic carbocycles. The molecule has 2 aromatic rings. The van der Waals surface area contributed by atoms with E-state index in [1.54, 1.807) is 12.1 Å². The van der Waals surface area contributed by atoms with E-state index >= 15 is 0 Å². The molecule has 4 heteroatoms. The van der Waals surface area contributed by atoms with Crippen LogP contribution in [0.15, 0.2) is 42.5 Å². The molecule has 0 unspecified atom stereocenters. The average Bonchev–Trinajstić information content (AvgIpc) is 2.61. The Morgan fingerprint density at radius 1 is 1.15 bits per heavy atom. The average molecular weight is 371 g/mol.